The van der Waals surface area contributed by atoms with E-state index in [0.29, 0.717) is 19.5 Å². The summed E-state index contributed by atoms with van der Waals surface area (Å²) in [6.07, 6.45) is 0.343. The average Bonchev–Trinajstić information content (AvgIpc) is 2.47. The molecule has 21 heavy (non-hydrogen) atoms. The zero-order chi connectivity index (χ0) is 14.8. The van der Waals surface area contributed by atoms with Gasteiger partial charge in [0.25, 0.3) is 0 Å². The quantitative estimate of drug-likeness (QED) is 0.942. The molecule has 1 atom stereocenters. The van der Waals surface area contributed by atoms with Crippen molar-refractivity contribution in [2.24, 2.45) is 0 Å². The zero-order valence-electron chi connectivity index (χ0n) is 11.5. The van der Waals surface area contributed by atoms with Crippen LogP contribution in [0, 0.1) is 5.82 Å². The van der Waals surface area contributed by atoms with Gasteiger partial charge in [-0.1, -0.05) is 36.4 Å². The minimum atomic E-state index is -0.860. The SMILES string of the molecule is O=C(O)C1Cc2cc(F)ccc2CN1Cc1ccccc1. The summed E-state index contributed by atoms with van der Waals surface area (Å²) >= 11 is 0. The summed E-state index contributed by atoms with van der Waals surface area (Å²) in [5.41, 5.74) is 2.88. The Hall–Kier alpha value is -2.20. The van der Waals surface area contributed by atoms with Crippen LogP contribution in [0.2, 0.25) is 0 Å². The Bertz CT molecular complexity index is 657. The van der Waals surface area contributed by atoms with Crippen molar-refractivity contribution in [3.63, 3.8) is 0 Å². The minimum absolute atomic E-state index is 0.311. The second-order valence-electron chi connectivity index (χ2n) is 5.36. The third-order valence-corrected chi connectivity index (χ3v) is 3.91. The molecule has 3 rings (SSSR count). The van der Waals surface area contributed by atoms with E-state index in [1.807, 2.05) is 35.2 Å². The Morgan fingerprint density at radius 3 is 2.67 bits per heavy atom. The third kappa shape index (κ3) is 2.95. The van der Waals surface area contributed by atoms with E-state index in [1.54, 1.807) is 6.07 Å². The summed E-state index contributed by atoms with van der Waals surface area (Å²) in [6, 6.07) is 13.8. The molecule has 0 aliphatic carbocycles. The highest BCUT2D eigenvalue weighted by molar-refractivity contribution is 5.74. The Kier molecular flexibility index (Phi) is 3.71. The lowest BCUT2D eigenvalue weighted by Gasteiger charge is -2.34. The van der Waals surface area contributed by atoms with Gasteiger partial charge in [-0.05, 0) is 35.2 Å². The number of hydrogen-bond donors (Lipinski definition) is 1. The van der Waals surface area contributed by atoms with Crippen LogP contribution in [-0.4, -0.2) is 22.0 Å². The van der Waals surface area contributed by atoms with Gasteiger partial charge in [-0.15, -0.1) is 0 Å². The van der Waals surface area contributed by atoms with Gasteiger partial charge in [0.2, 0.25) is 0 Å². The van der Waals surface area contributed by atoms with Crippen molar-refractivity contribution in [3.05, 3.63) is 71.0 Å². The first kappa shape index (κ1) is 13.8. The average molecular weight is 285 g/mol. The van der Waals surface area contributed by atoms with E-state index < -0.39 is 12.0 Å². The molecule has 1 heterocycles. The van der Waals surface area contributed by atoms with Gasteiger partial charge in [0.1, 0.15) is 11.9 Å². The molecule has 0 bridgehead atoms. The summed E-state index contributed by atoms with van der Waals surface area (Å²) in [5.74, 6) is -1.17. The number of halogens is 1. The number of aliphatic carboxylic acids is 1. The molecule has 1 N–H and O–H groups in total. The molecule has 4 heteroatoms. The summed E-state index contributed by atoms with van der Waals surface area (Å²) in [4.78, 5) is 13.4. The smallest absolute Gasteiger partial charge is 0.321 e. The van der Waals surface area contributed by atoms with Gasteiger partial charge >= 0.3 is 5.97 Å². The number of hydrogen-bond acceptors (Lipinski definition) is 2. The van der Waals surface area contributed by atoms with Crippen LogP contribution in [0.1, 0.15) is 16.7 Å². The van der Waals surface area contributed by atoms with Crippen LogP contribution in [0.3, 0.4) is 0 Å². The van der Waals surface area contributed by atoms with Crippen molar-refractivity contribution in [1.29, 1.82) is 0 Å². The molecule has 2 aromatic carbocycles. The highest BCUT2D eigenvalue weighted by atomic mass is 19.1. The van der Waals surface area contributed by atoms with Crippen LogP contribution in [0.25, 0.3) is 0 Å². The molecule has 0 saturated heterocycles. The van der Waals surface area contributed by atoms with Gasteiger partial charge in [0.15, 0.2) is 0 Å². The van der Waals surface area contributed by atoms with Crippen molar-refractivity contribution in [2.45, 2.75) is 25.6 Å². The largest absolute Gasteiger partial charge is 0.480 e. The van der Waals surface area contributed by atoms with E-state index in [9.17, 15) is 14.3 Å². The fourth-order valence-electron chi connectivity index (χ4n) is 2.83. The molecule has 0 saturated carbocycles. The first-order valence-electron chi connectivity index (χ1n) is 6.91. The predicted octanol–water partition coefficient (Wildman–Crippen LogP) is 2.84. The van der Waals surface area contributed by atoms with Gasteiger partial charge in [-0.2, -0.15) is 0 Å². The zero-order valence-corrected chi connectivity index (χ0v) is 11.5. The fraction of sp³-hybridized carbons (Fsp3) is 0.235. The van der Waals surface area contributed by atoms with Gasteiger partial charge in [-0.3, -0.25) is 9.69 Å². The lowest BCUT2D eigenvalue weighted by atomic mass is 9.93. The molecule has 108 valence electrons. The second-order valence-corrected chi connectivity index (χ2v) is 5.36. The van der Waals surface area contributed by atoms with Gasteiger partial charge in [0, 0.05) is 13.1 Å². The van der Waals surface area contributed by atoms with Gasteiger partial charge < -0.3 is 5.11 Å². The number of benzene rings is 2. The molecule has 3 nitrogen and oxygen atoms in total. The van der Waals surface area contributed by atoms with Crippen molar-refractivity contribution in [2.75, 3.05) is 0 Å². The fourth-order valence-corrected chi connectivity index (χ4v) is 2.83. The van der Waals surface area contributed by atoms with E-state index in [0.717, 1.165) is 16.7 Å². The maximum Gasteiger partial charge on any atom is 0.321 e. The lowest BCUT2D eigenvalue weighted by molar-refractivity contribution is -0.144. The van der Waals surface area contributed by atoms with Crippen LogP contribution < -0.4 is 0 Å². The Morgan fingerprint density at radius 1 is 1.19 bits per heavy atom. The maximum atomic E-state index is 13.3. The number of carboxylic acid groups (broad SMARTS) is 1. The van der Waals surface area contributed by atoms with Crippen molar-refractivity contribution in [1.82, 2.24) is 4.90 Å². The van der Waals surface area contributed by atoms with E-state index >= 15 is 0 Å². The molecule has 1 aliphatic rings. The lowest BCUT2D eigenvalue weighted by Crippen LogP contribution is -2.45. The summed E-state index contributed by atoms with van der Waals surface area (Å²) in [6.45, 7) is 1.11. The first-order valence-corrected chi connectivity index (χ1v) is 6.91. The molecule has 1 unspecified atom stereocenters. The van der Waals surface area contributed by atoms with Gasteiger partial charge in [-0.25, -0.2) is 4.39 Å². The number of nitrogens with zero attached hydrogens (tertiary/aromatic N) is 1. The Balaban J connectivity index is 1.88. The van der Waals surface area contributed by atoms with Crippen LogP contribution in [0.15, 0.2) is 48.5 Å². The highest BCUT2D eigenvalue weighted by Gasteiger charge is 2.31. The van der Waals surface area contributed by atoms with Crippen molar-refractivity contribution >= 4 is 5.97 Å². The van der Waals surface area contributed by atoms with Crippen LogP contribution >= 0.6 is 0 Å². The van der Waals surface area contributed by atoms with Crippen LogP contribution in [0.4, 0.5) is 4.39 Å². The maximum absolute atomic E-state index is 13.3. The molecule has 0 radical (unpaired) electrons. The van der Waals surface area contributed by atoms with E-state index in [4.69, 9.17) is 0 Å². The number of carboxylic acids is 1. The summed E-state index contributed by atoms with van der Waals surface area (Å²) in [7, 11) is 0. The van der Waals surface area contributed by atoms with E-state index in [1.165, 1.54) is 12.1 Å². The Morgan fingerprint density at radius 2 is 1.95 bits per heavy atom. The summed E-state index contributed by atoms with van der Waals surface area (Å²) < 4.78 is 13.3. The predicted molar refractivity (Wildman–Crippen MR) is 77.2 cm³/mol. The van der Waals surface area contributed by atoms with E-state index in [2.05, 4.69) is 0 Å². The second kappa shape index (κ2) is 5.66. The van der Waals surface area contributed by atoms with Crippen LogP contribution in [0.5, 0.6) is 0 Å². The highest BCUT2D eigenvalue weighted by Crippen LogP contribution is 2.26. The van der Waals surface area contributed by atoms with Crippen molar-refractivity contribution < 1.29 is 14.3 Å². The number of rotatable bonds is 3. The molecule has 1 aliphatic heterocycles. The molecule has 0 spiro atoms. The molecule has 0 fully saturated rings. The molecular weight excluding hydrogens is 269 g/mol. The number of carbonyl (C=O) groups is 1. The number of fused-ring (bicyclic) bond motifs is 1. The van der Waals surface area contributed by atoms with Crippen LogP contribution in [-0.2, 0) is 24.3 Å². The minimum Gasteiger partial charge on any atom is -0.480 e. The normalized spacial score (nSPS) is 18.2. The Labute approximate surface area is 122 Å². The first-order chi connectivity index (χ1) is 10.1. The molecule has 0 amide bonds. The monoisotopic (exact) mass is 285 g/mol. The molecule has 0 aromatic heterocycles. The van der Waals surface area contributed by atoms with Gasteiger partial charge in [0.05, 0.1) is 0 Å². The standard InChI is InChI=1S/C17H16FNO2/c18-15-7-6-13-11-19(10-12-4-2-1-3-5-12)16(17(20)21)9-14(13)8-15/h1-8,16H,9-11H2,(H,20,21). The molecule has 2 aromatic rings. The molecular formula is C17H16FNO2. The summed E-state index contributed by atoms with van der Waals surface area (Å²) in [5, 5.41) is 9.45. The third-order valence-electron chi connectivity index (χ3n) is 3.91. The van der Waals surface area contributed by atoms with E-state index in [-0.39, 0.29) is 5.82 Å². The topological polar surface area (TPSA) is 40.5 Å². The van der Waals surface area contributed by atoms with Crippen molar-refractivity contribution in [3.8, 4) is 0 Å².